The van der Waals surface area contributed by atoms with Crippen molar-refractivity contribution in [2.75, 3.05) is 26.8 Å². The second-order valence-electron chi connectivity index (χ2n) is 3.52. The highest BCUT2D eigenvalue weighted by molar-refractivity contribution is 5.68. The lowest BCUT2D eigenvalue weighted by molar-refractivity contribution is 0.00947. The molecular formula is C11H15NO5. The van der Waals surface area contributed by atoms with E-state index in [9.17, 15) is 9.59 Å². The van der Waals surface area contributed by atoms with Crippen molar-refractivity contribution in [3.05, 3.63) is 0 Å². The molecule has 0 spiro atoms. The third-order valence-corrected chi connectivity index (χ3v) is 2.41. The molecule has 6 heteroatoms. The highest BCUT2D eigenvalue weighted by Gasteiger charge is 2.26. The van der Waals surface area contributed by atoms with Crippen LogP contribution in [0.25, 0.3) is 0 Å². The summed E-state index contributed by atoms with van der Waals surface area (Å²) < 4.78 is 14.2. The Balaban J connectivity index is 2.28. The van der Waals surface area contributed by atoms with Crippen LogP contribution in [0.2, 0.25) is 0 Å². The number of hydrogen-bond acceptors (Lipinski definition) is 5. The van der Waals surface area contributed by atoms with E-state index in [-0.39, 0.29) is 12.7 Å². The highest BCUT2D eigenvalue weighted by atomic mass is 16.7. The van der Waals surface area contributed by atoms with Gasteiger partial charge in [0.15, 0.2) is 6.61 Å². The van der Waals surface area contributed by atoms with E-state index < -0.39 is 12.2 Å². The molecule has 0 radical (unpaired) electrons. The van der Waals surface area contributed by atoms with Gasteiger partial charge in [0.2, 0.25) is 0 Å². The molecule has 0 N–H and O–H groups in total. The predicted octanol–water partition coefficient (Wildman–Crippen LogP) is 1.00. The first kappa shape index (κ1) is 13.2. The summed E-state index contributed by atoms with van der Waals surface area (Å²) in [6.45, 7) is 0.924. The van der Waals surface area contributed by atoms with E-state index in [1.54, 1.807) is 0 Å². The molecule has 1 amide bonds. The van der Waals surface area contributed by atoms with Gasteiger partial charge in [0.1, 0.15) is 6.10 Å². The average molecular weight is 241 g/mol. The molecular weight excluding hydrogens is 226 g/mol. The van der Waals surface area contributed by atoms with Crippen molar-refractivity contribution < 1.29 is 23.8 Å². The Bertz CT molecular complexity index is 314. The first-order chi connectivity index (χ1) is 8.17. The molecule has 0 aromatic heterocycles. The normalized spacial score (nSPS) is 15.9. The number of amides is 1. The highest BCUT2D eigenvalue weighted by Crippen LogP contribution is 2.15. The van der Waals surface area contributed by atoms with Gasteiger partial charge in [-0.15, -0.1) is 6.42 Å². The lowest BCUT2D eigenvalue weighted by atomic mass is 10.1. The van der Waals surface area contributed by atoms with Crippen molar-refractivity contribution in [3.8, 4) is 12.3 Å². The molecule has 94 valence electrons. The van der Waals surface area contributed by atoms with Crippen LogP contribution in [0, 0.1) is 12.3 Å². The minimum Gasteiger partial charge on any atom is -0.438 e. The van der Waals surface area contributed by atoms with Crippen LogP contribution in [-0.2, 0) is 14.2 Å². The fourth-order valence-corrected chi connectivity index (χ4v) is 1.54. The maximum absolute atomic E-state index is 11.4. The third kappa shape index (κ3) is 4.23. The summed E-state index contributed by atoms with van der Waals surface area (Å²) in [7, 11) is 1.26. The van der Waals surface area contributed by atoms with E-state index in [1.807, 2.05) is 0 Å². The number of methoxy groups -OCH3 is 1. The van der Waals surface area contributed by atoms with E-state index in [0.717, 1.165) is 0 Å². The maximum Gasteiger partial charge on any atom is 0.508 e. The molecule has 1 rings (SSSR count). The molecule has 17 heavy (non-hydrogen) atoms. The largest absolute Gasteiger partial charge is 0.508 e. The van der Waals surface area contributed by atoms with Crippen molar-refractivity contribution >= 4 is 12.2 Å². The molecule has 1 aliphatic heterocycles. The van der Waals surface area contributed by atoms with E-state index in [0.29, 0.717) is 25.9 Å². The number of likely N-dealkylation sites (tertiary alicyclic amines) is 1. The summed E-state index contributed by atoms with van der Waals surface area (Å²) in [6.07, 6.45) is 4.78. The summed E-state index contributed by atoms with van der Waals surface area (Å²) in [6, 6.07) is 0. The van der Waals surface area contributed by atoms with Gasteiger partial charge in [0, 0.05) is 25.9 Å². The Hall–Kier alpha value is -1.90. The molecule has 0 aromatic rings. The van der Waals surface area contributed by atoms with Crippen molar-refractivity contribution in [3.63, 3.8) is 0 Å². The summed E-state index contributed by atoms with van der Waals surface area (Å²) in [5.74, 6) is 2.22. The number of carbonyl (C=O) groups excluding carboxylic acids is 2. The predicted molar refractivity (Wildman–Crippen MR) is 58.3 cm³/mol. The van der Waals surface area contributed by atoms with Crippen molar-refractivity contribution in [1.29, 1.82) is 0 Å². The maximum atomic E-state index is 11.4. The van der Waals surface area contributed by atoms with E-state index in [2.05, 4.69) is 10.7 Å². The number of ether oxygens (including phenoxy) is 3. The number of hydrogen-bond donors (Lipinski definition) is 0. The van der Waals surface area contributed by atoms with Crippen LogP contribution in [-0.4, -0.2) is 50.1 Å². The molecule has 1 heterocycles. The zero-order chi connectivity index (χ0) is 12.7. The summed E-state index contributed by atoms with van der Waals surface area (Å²) in [5, 5.41) is 0. The molecule has 0 bridgehead atoms. The number of piperidine rings is 1. The zero-order valence-corrected chi connectivity index (χ0v) is 9.68. The van der Waals surface area contributed by atoms with Gasteiger partial charge in [-0.25, -0.2) is 9.59 Å². The first-order valence-corrected chi connectivity index (χ1v) is 5.27. The molecule has 1 aliphatic rings. The fraction of sp³-hybridized carbons (Fsp3) is 0.636. The van der Waals surface area contributed by atoms with Gasteiger partial charge in [-0.2, -0.15) is 0 Å². The van der Waals surface area contributed by atoms with Crippen LogP contribution in [0.3, 0.4) is 0 Å². The quantitative estimate of drug-likeness (QED) is 0.533. The van der Waals surface area contributed by atoms with Crippen molar-refractivity contribution in [1.82, 2.24) is 4.90 Å². The van der Waals surface area contributed by atoms with Gasteiger partial charge >= 0.3 is 12.2 Å². The number of terminal acetylenes is 1. The van der Waals surface area contributed by atoms with Crippen LogP contribution >= 0.6 is 0 Å². The Morgan fingerprint density at radius 1 is 1.41 bits per heavy atom. The molecule has 0 saturated carbocycles. The fourth-order valence-electron chi connectivity index (χ4n) is 1.54. The van der Waals surface area contributed by atoms with Crippen LogP contribution in [0.15, 0.2) is 0 Å². The van der Waals surface area contributed by atoms with Crippen LogP contribution in [0.1, 0.15) is 12.8 Å². The number of carbonyl (C=O) groups is 2. The minimum atomic E-state index is -0.696. The SMILES string of the molecule is C#CCOC(=O)N1CCC(OC(=O)OC)CC1. The summed E-state index contributed by atoms with van der Waals surface area (Å²) in [5.41, 5.74) is 0. The van der Waals surface area contributed by atoms with Gasteiger partial charge in [0.25, 0.3) is 0 Å². The molecule has 0 unspecified atom stereocenters. The van der Waals surface area contributed by atoms with Gasteiger partial charge in [-0.3, -0.25) is 0 Å². The Kier molecular flexibility index (Phi) is 5.14. The Morgan fingerprint density at radius 3 is 2.59 bits per heavy atom. The van der Waals surface area contributed by atoms with Crippen LogP contribution in [0.5, 0.6) is 0 Å². The Labute approximate surface area is 99.8 Å². The lowest BCUT2D eigenvalue weighted by Gasteiger charge is -2.30. The lowest BCUT2D eigenvalue weighted by Crippen LogP contribution is -2.41. The molecule has 1 saturated heterocycles. The summed E-state index contributed by atoms with van der Waals surface area (Å²) in [4.78, 5) is 23.8. The molecule has 0 aliphatic carbocycles. The third-order valence-electron chi connectivity index (χ3n) is 2.41. The van der Waals surface area contributed by atoms with Crippen LogP contribution < -0.4 is 0 Å². The second-order valence-corrected chi connectivity index (χ2v) is 3.52. The second kappa shape index (κ2) is 6.63. The topological polar surface area (TPSA) is 65.1 Å². The molecule has 0 atom stereocenters. The van der Waals surface area contributed by atoms with Gasteiger partial charge < -0.3 is 19.1 Å². The smallest absolute Gasteiger partial charge is 0.438 e. The molecule has 6 nitrogen and oxygen atoms in total. The average Bonchev–Trinajstić information content (AvgIpc) is 2.36. The van der Waals surface area contributed by atoms with Gasteiger partial charge in [-0.05, 0) is 0 Å². The Morgan fingerprint density at radius 2 is 2.06 bits per heavy atom. The number of rotatable bonds is 2. The molecule has 1 fully saturated rings. The molecule has 0 aromatic carbocycles. The van der Waals surface area contributed by atoms with Crippen molar-refractivity contribution in [2.24, 2.45) is 0 Å². The van der Waals surface area contributed by atoms with E-state index in [4.69, 9.17) is 15.9 Å². The van der Waals surface area contributed by atoms with Gasteiger partial charge in [-0.1, -0.05) is 5.92 Å². The van der Waals surface area contributed by atoms with Crippen molar-refractivity contribution in [2.45, 2.75) is 18.9 Å². The zero-order valence-electron chi connectivity index (χ0n) is 9.68. The number of nitrogens with zero attached hydrogens (tertiary/aromatic N) is 1. The summed E-state index contributed by atoms with van der Waals surface area (Å²) >= 11 is 0. The van der Waals surface area contributed by atoms with Crippen LogP contribution in [0.4, 0.5) is 9.59 Å². The van der Waals surface area contributed by atoms with Gasteiger partial charge in [0.05, 0.1) is 7.11 Å². The van der Waals surface area contributed by atoms with E-state index in [1.165, 1.54) is 12.0 Å². The monoisotopic (exact) mass is 241 g/mol. The minimum absolute atomic E-state index is 0.0303. The van der Waals surface area contributed by atoms with E-state index >= 15 is 0 Å². The standard InChI is InChI=1S/C11H15NO5/c1-3-8-16-10(13)12-6-4-9(5-7-12)17-11(14)15-2/h1,9H,4-8H2,2H3. The first-order valence-electron chi connectivity index (χ1n) is 5.27.